The third-order valence-corrected chi connectivity index (χ3v) is 2.98. The maximum atomic E-state index is 11.1. The van der Waals surface area contributed by atoms with Crippen molar-refractivity contribution in [2.75, 3.05) is 0 Å². The molecule has 0 atom stereocenters. The van der Waals surface area contributed by atoms with Crippen LogP contribution in [0.3, 0.4) is 0 Å². The maximum absolute atomic E-state index is 11.1. The van der Waals surface area contributed by atoms with Crippen molar-refractivity contribution >= 4 is 5.78 Å². The van der Waals surface area contributed by atoms with E-state index in [1.165, 1.54) is 11.1 Å². The summed E-state index contributed by atoms with van der Waals surface area (Å²) in [7, 11) is 0. The van der Waals surface area contributed by atoms with Crippen molar-refractivity contribution in [2.45, 2.75) is 38.5 Å². The van der Waals surface area contributed by atoms with Gasteiger partial charge in [-0.05, 0) is 18.8 Å². The second kappa shape index (κ2) is 5.91. The molecule has 0 bridgehead atoms. The van der Waals surface area contributed by atoms with Crippen molar-refractivity contribution in [3.63, 3.8) is 0 Å². The van der Waals surface area contributed by atoms with Gasteiger partial charge in [0, 0.05) is 45.6 Å². The molecule has 77 valence electrons. The first-order valence-electron chi connectivity index (χ1n) is 5.25. The Morgan fingerprint density at radius 3 is 2.60 bits per heavy atom. The molecular formula is C13H15OY-. The average Bonchev–Trinajstić information content (AvgIpc) is 2.19. The number of ketones is 1. The zero-order chi connectivity index (χ0) is 9.97. The van der Waals surface area contributed by atoms with Gasteiger partial charge in [-0.25, -0.2) is 0 Å². The molecule has 0 unspecified atom stereocenters. The summed E-state index contributed by atoms with van der Waals surface area (Å²) < 4.78 is 0. The summed E-state index contributed by atoms with van der Waals surface area (Å²) in [4.78, 5) is 11.1. The molecule has 1 radical (unpaired) electrons. The summed E-state index contributed by atoms with van der Waals surface area (Å²) in [5.74, 6) is 1.03. The second-order valence-electron chi connectivity index (χ2n) is 4.12. The molecule has 0 N–H and O–H groups in total. The van der Waals surface area contributed by atoms with E-state index in [0.29, 0.717) is 11.7 Å². The molecule has 1 fully saturated rings. The normalized spacial score (nSPS) is 17.3. The van der Waals surface area contributed by atoms with Crippen LogP contribution < -0.4 is 0 Å². The van der Waals surface area contributed by atoms with Gasteiger partial charge in [-0.1, -0.05) is 6.92 Å². The van der Waals surface area contributed by atoms with Crippen molar-refractivity contribution < 1.29 is 37.5 Å². The fourth-order valence-corrected chi connectivity index (χ4v) is 2.14. The van der Waals surface area contributed by atoms with E-state index in [9.17, 15) is 4.79 Å². The minimum atomic E-state index is 0. The monoisotopic (exact) mass is 276 g/mol. The Morgan fingerprint density at radius 1 is 1.33 bits per heavy atom. The van der Waals surface area contributed by atoms with Crippen LogP contribution in [0.25, 0.3) is 0 Å². The van der Waals surface area contributed by atoms with Gasteiger partial charge in [0.1, 0.15) is 5.78 Å². The van der Waals surface area contributed by atoms with Crippen molar-refractivity contribution in [3.8, 4) is 0 Å². The van der Waals surface area contributed by atoms with Crippen LogP contribution in [0, 0.1) is 13.0 Å². The van der Waals surface area contributed by atoms with Gasteiger partial charge >= 0.3 is 0 Å². The quantitative estimate of drug-likeness (QED) is 0.721. The Hall–Kier alpha value is -0.00610. The van der Waals surface area contributed by atoms with Crippen LogP contribution in [0.1, 0.15) is 42.7 Å². The Morgan fingerprint density at radius 2 is 2.00 bits per heavy atom. The smallest absolute Gasteiger partial charge is 0.132 e. The molecule has 0 heterocycles. The SMILES string of the molecule is Cc1[c-]ccc(C2CCC(=O)CC2)c1.[Y]. The van der Waals surface area contributed by atoms with Crippen molar-refractivity contribution in [3.05, 3.63) is 35.4 Å². The number of benzene rings is 1. The third kappa shape index (κ3) is 3.50. The molecule has 0 aliphatic heterocycles. The van der Waals surface area contributed by atoms with Crippen LogP contribution in [0.5, 0.6) is 0 Å². The average molecular weight is 276 g/mol. The summed E-state index contributed by atoms with van der Waals surface area (Å²) in [6.45, 7) is 2.07. The molecule has 2 heteroatoms. The largest absolute Gasteiger partial charge is 0.300 e. The minimum Gasteiger partial charge on any atom is -0.300 e. The number of rotatable bonds is 1. The van der Waals surface area contributed by atoms with Gasteiger partial charge in [0.2, 0.25) is 0 Å². The number of hydrogen-bond acceptors (Lipinski definition) is 1. The molecular weight excluding hydrogens is 261 g/mol. The third-order valence-electron chi connectivity index (χ3n) is 2.98. The molecule has 1 aromatic rings. The zero-order valence-corrected chi connectivity index (χ0v) is 12.0. The summed E-state index contributed by atoms with van der Waals surface area (Å²) in [6.07, 6.45) is 3.59. The van der Waals surface area contributed by atoms with Gasteiger partial charge in [-0.15, -0.1) is 0 Å². The predicted molar refractivity (Wildman–Crippen MR) is 56.2 cm³/mol. The Labute approximate surface area is 117 Å². The van der Waals surface area contributed by atoms with Crippen molar-refractivity contribution in [2.24, 2.45) is 0 Å². The predicted octanol–water partition coefficient (Wildman–Crippen LogP) is 3.02. The second-order valence-corrected chi connectivity index (χ2v) is 4.12. The van der Waals surface area contributed by atoms with Gasteiger partial charge in [-0.2, -0.15) is 35.4 Å². The van der Waals surface area contributed by atoms with Gasteiger partial charge < -0.3 is 0 Å². The van der Waals surface area contributed by atoms with E-state index < -0.39 is 0 Å². The molecule has 1 saturated carbocycles. The summed E-state index contributed by atoms with van der Waals surface area (Å²) >= 11 is 0. The number of carbonyl (C=O) groups excluding carboxylic acids is 1. The van der Waals surface area contributed by atoms with Crippen LogP contribution in [-0.2, 0) is 37.5 Å². The summed E-state index contributed by atoms with van der Waals surface area (Å²) in [5, 5.41) is 0. The summed E-state index contributed by atoms with van der Waals surface area (Å²) in [6, 6.07) is 9.47. The topological polar surface area (TPSA) is 17.1 Å². The van der Waals surface area contributed by atoms with E-state index in [1.807, 2.05) is 6.07 Å². The fraction of sp³-hybridized carbons (Fsp3) is 0.462. The van der Waals surface area contributed by atoms with Crippen LogP contribution in [0.4, 0.5) is 0 Å². The van der Waals surface area contributed by atoms with E-state index in [2.05, 4.69) is 25.1 Å². The van der Waals surface area contributed by atoms with E-state index >= 15 is 0 Å². The number of carbonyl (C=O) groups is 1. The Kier molecular flexibility index (Phi) is 5.15. The van der Waals surface area contributed by atoms with Crippen LogP contribution in [-0.4, -0.2) is 5.78 Å². The van der Waals surface area contributed by atoms with Crippen LogP contribution in [0.15, 0.2) is 18.2 Å². The van der Waals surface area contributed by atoms with Crippen molar-refractivity contribution in [1.29, 1.82) is 0 Å². The van der Waals surface area contributed by atoms with E-state index in [1.54, 1.807) is 0 Å². The first-order valence-corrected chi connectivity index (χ1v) is 5.25. The Balaban J connectivity index is 0.00000112. The molecule has 1 nitrogen and oxygen atoms in total. The molecule has 1 aliphatic carbocycles. The van der Waals surface area contributed by atoms with Crippen molar-refractivity contribution in [1.82, 2.24) is 0 Å². The first kappa shape index (κ1) is 13.1. The maximum Gasteiger partial charge on any atom is 0.132 e. The van der Waals surface area contributed by atoms with Crippen LogP contribution in [0.2, 0.25) is 0 Å². The van der Waals surface area contributed by atoms with Gasteiger partial charge in [0.05, 0.1) is 0 Å². The molecule has 0 saturated heterocycles. The van der Waals surface area contributed by atoms with Gasteiger partial charge in [0.25, 0.3) is 0 Å². The minimum absolute atomic E-state index is 0. The first-order chi connectivity index (χ1) is 6.75. The van der Waals surface area contributed by atoms with E-state index in [-0.39, 0.29) is 32.7 Å². The fourth-order valence-electron chi connectivity index (χ4n) is 2.14. The molecule has 1 aromatic carbocycles. The molecule has 2 rings (SSSR count). The number of Topliss-reactive ketones (excluding diaryl/α,β-unsaturated/α-hetero) is 1. The standard InChI is InChI=1S/C13H15O.Y/c1-10-3-2-4-12(9-10)11-5-7-13(14)8-6-11;/h2,4,9,11H,5-8H2,1H3;/q-1;. The molecule has 0 aromatic heterocycles. The number of aryl methyl sites for hydroxylation is 1. The molecule has 1 aliphatic rings. The molecule has 15 heavy (non-hydrogen) atoms. The van der Waals surface area contributed by atoms with Gasteiger partial charge in [-0.3, -0.25) is 4.79 Å². The van der Waals surface area contributed by atoms with E-state index in [4.69, 9.17) is 0 Å². The van der Waals surface area contributed by atoms with E-state index in [0.717, 1.165) is 25.7 Å². The number of hydrogen-bond donors (Lipinski definition) is 0. The molecule has 0 spiro atoms. The summed E-state index contributed by atoms with van der Waals surface area (Å²) in [5.41, 5.74) is 2.58. The van der Waals surface area contributed by atoms with Crippen LogP contribution >= 0.6 is 0 Å². The molecule has 0 amide bonds. The van der Waals surface area contributed by atoms with Gasteiger partial charge in [0.15, 0.2) is 0 Å². The Bertz CT molecular complexity index is 336. The zero-order valence-electron chi connectivity index (χ0n) is 9.12.